The first-order valence-corrected chi connectivity index (χ1v) is 5.99. The van der Waals surface area contributed by atoms with Crippen LogP contribution < -0.4 is 10.9 Å². The van der Waals surface area contributed by atoms with E-state index in [9.17, 15) is 4.79 Å². The molecule has 0 saturated carbocycles. The lowest BCUT2D eigenvalue weighted by Crippen LogP contribution is -2.25. The van der Waals surface area contributed by atoms with Crippen molar-refractivity contribution in [3.05, 3.63) is 21.6 Å². The highest BCUT2D eigenvalue weighted by molar-refractivity contribution is 6.32. The van der Waals surface area contributed by atoms with Gasteiger partial charge in [-0.15, -0.1) is 0 Å². The summed E-state index contributed by atoms with van der Waals surface area (Å²) < 4.78 is 6.31. The number of hydrogen-bond donors (Lipinski definition) is 1. The molecule has 96 valence electrons. The first-order chi connectivity index (χ1) is 8.10. The summed E-state index contributed by atoms with van der Waals surface area (Å²) in [6, 6.07) is 0.172. The quantitative estimate of drug-likeness (QED) is 0.846. The lowest BCUT2D eigenvalue weighted by molar-refractivity contribution is 0.191. The van der Waals surface area contributed by atoms with E-state index >= 15 is 0 Å². The SMILES string of the molecule is CCn1ncc(NC(C)CCOC)c(Cl)c1=O. The fourth-order valence-corrected chi connectivity index (χ4v) is 1.62. The first kappa shape index (κ1) is 14.0. The van der Waals surface area contributed by atoms with E-state index in [2.05, 4.69) is 10.4 Å². The third-order valence-corrected chi connectivity index (χ3v) is 2.81. The van der Waals surface area contributed by atoms with Crippen molar-refractivity contribution in [2.24, 2.45) is 0 Å². The Morgan fingerprint density at radius 3 is 2.94 bits per heavy atom. The Balaban J connectivity index is 2.79. The standard InChI is InChI=1S/C11H18ClN3O2/c1-4-15-11(16)10(12)9(7-13-15)14-8(2)5-6-17-3/h7-8,14H,4-6H2,1-3H3. The molecule has 0 aromatic carbocycles. The van der Waals surface area contributed by atoms with Crippen molar-refractivity contribution in [1.82, 2.24) is 9.78 Å². The second-order valence-electron chi connectivity index (χ2n) is 3.82. The minimum Gasteiger partial charge on any atom is -0.385 e. The third-order valence-electron chi connectivity index (χ3n) is 2.44. The molecule has 0 spiro atoms. The number of nitrogens with one attached hydrogen (secondary N) is 1. The van der Waals surface area contributed by atoms with Gasteiger partial charge in [0.1, 0.15) is 5.02 Å². The summed E-state index contributed by atoms with van der Waals surface area (Å²) in [4.78, 5) is 11.7. The van der Waals surface area contributed by atoms with Gasteiger partial charge in [-0.1, -0.05) is 11.6 Å². The van der Waals surface area contributed by atoms with Gasteiger partial charge in [-0.25, -0.2) is 4.68 Å². The predicted molar refractivity (Wildman–Crippen MR) is 68.8 cm³/mol. The number of methoxy groups -OCH3 is 1. The normalized spacial score (nSPS) is 12.5. The second kappa shape index (κ2) is 6.61. The molecule has 6 heteroatoms. The van der Waals surface area contributed by atoms with Gasteiger partial charge in [0.2, 0.25) is 0 Å². The summed E-state index contributed by atoms with van der Waals surface area (Å²) in [7, 11) is 1.66. The van der Waals surface area contributed by atoms with Crippen LogP contribution in [0.5, 0.6) is 0 Å². The molecule has 1 rings (SSSR count). The van der Waals surface area contributed by atoms with Gasteiger partial charge >= 0.3 is 0 Å². The number of hydrogen-bond acceptors (Lipinski definition) is 4. The molecule has 1 N–H and O–H groups in total. The van der Waals surface area contributed by atoms with Gasteiger partial charge < -0.3 is 10.1 Å². The van der Waals surface area contributed by atoms with Crippen LogP contribution in [0.25, 0.3) is 0 Å². The predicted octanol–water partition coefficient (Wildman–Crippen LogP) is 1.75. The molecule has 5 nitrogen and oxygen atoms in total. The minimum absolute atomic E-state index is 0.172. The molecule has 1 heterocycles. The van der Waals surface area contributed by atoms with Crippen LogP contribution in [0.3, 0.4) is 0 Å². The Morgan fingerprint density at radius 1 is 1.65 bits per heavy atom. The van der Waals surface area contributed by atoms with Crippen molar-refractivity contribution < 1.29 is 4.74 Å². The van der Waals surface area contributed by atoms with Crippen LogP contribution in [0.15, 0.2) is 11.0 Å². The number of aryl methyl sites for hydroxylation is 1. The van der Waals surface area contributed by atoms with Crippen molar-refractivity contribution in [2.75, 3.05) is 19.0 Å². The van der Waals surface area contributed by atoms with E-state index in [0.29, 0.717) is 18.8 Å². The van der Waals surface area contributed by atoms with Crippen LogP contribution in [-0.2, 0) is 11.3 Å². The second-order valence-corrected chi connectivity index (χ2v) is 4.20. The maximum absolute atomic E-state index is 11.7. The van der Waals surface area contributed by atoms with Crippen LogP contribution in [-0.4, -0.2) is 29.5 Å². The molecule has 0 aliphatic heterocycles. The maximum Gasteiger partial charge on any atom is 0.287 e. The molecule has 1 aromatic rings. The van der Waals surface area contributed by atoms with Gasteiger partial charge in [0.15, 0.2) is 0 Å². The number of anilines is 1. The van der Waals surface area contributed by atoms with Crippen molar-refractivity contribution in [3.63, 3.8) is 0 Å². The molecule has 0 aliphatic carbocycles. The zero-order valence-corrected chi connectivity index (χ0v) is 11.1. The van der Waals surface area contributed by atoms with Crippen LogP contribution >= 0.6 is 11.6 Å². The van der Waals surface area contributed by atoms with Crippen LogP contribution in [0.2, 0.25) is 5.02 Å². The Morgan fingerprint density at radius 2 is 2.35 bits per heavy atom. The van der Waals surface area contributed by atoms with Crippen molar-refractivity contribution in [3.8, 4) is 0 Å². The van der Waals surface area contributed by atoms with Gasteiger partial charge in [-0.05, 0) is 20.3 Å². The highest BCUT2D eigenvalue weighted by Gasteiger charge is 2.10. The highest BCUT2D eigenvalue weighted by Crippen LogP contribution is 2.16. The van der Waals surface area contributed by atoms with Crippen molar-refractivity contribution in [2.45, 2.75) is 32.9 Å². The molecule has 0 radical (unpaired) electrons. The lowest BCUT2D eigenvalue weighted by Gasteiger charge is -2.15. The summed E-state index contributed by atoms with van der Waals surface area (Å²) in [5.41, 5.74) is 0.308. The number of nitrogens with zero attached hydrogens (tertiary/aromatic N) is 2. The molecule has 1 aromatic heterocycles. The van der Waals surface area contributed by atoms with E-state index in [4.69, 9.17) is 16.3 Å². The number of rotatable bonds is 6. The van der Waals surface area contributed by atoms with Gasteiger partial charge in [0.05, 0.1) is 11.9 Å². The van der Waals surface area contributed by atoms with E-state index in [1.54, 1.807) is 13.3 Å². The zero-order chi connectivity index (χ0) is 12.8. The largest absolute Gasteiger partial charge is 0.385 e. The summed E-state index contributed by atoms with van der Waals surface area (Å²) in [6.07, 6.45) is 2.42. The van der Waals surface area contributed by atoms with E-state index < -0.39 is 0 Å². The molecular weight excluding hydrogens is 242 g/mol. The molecule has 0 amide bonds. The van der Waals surface area contributed by atoms with Crippen LogP contribution in [0.1, 0.15) is 20.3 Å². The van der Waals surface area contributed by atoms with Gasteiger partial charge in [-0.3, -0.25) is 4.79 Å². The molecule has 17 heavy (non-hydrogen) atoms. The number of aromatic nitrogens is 2. The Bertz CT molecular complexity index is 420. The van der Waals surface area contributed by atoms with Gasteiger partial charge in [-0.2, -0.15) is 5.10 Å². The summed E-state index contributed by atoms with van der Waals surface area (Å²) >= 11 is 5.99. The zero-order valence-electron chi connectivity index (χ0n) is 10.4. The maximum atomic E-state index is 11.7. The summed E-state index contributed by atoms with van der Waals surface area (Å²) in [6.45, 7) is 5.02. The van der Waals surface area contributed by atoms with Crippen LogP contribution in [0, 0.1) is 0 Å². The van der Waals surface area contributed by atoms with Gasteiger partial charge in [0.25, 0.3) is 5.56 Å². The molecule has 0 fully saturated rings. The summed E-state index contributed by atoms with van der Waals surface area (Å²) in [5.74, 6) is 0. The Labute approximate surface area is 106 Å². The molecule has 0 aliphatic rings. The average Bonchev–Trinajstić information content (AvgIpc) is 2.33. The van der Waals surface area contributed by atoms with Crippen LogP contribution in [0.4, 0.5) is 5.69 Å². The molecular formula is C11H18ClN3O2. The smallest absolute Gasteiger partial charge is 0.287 e. The van der Waals surface area contributed by atoms with E-state index in [1.807, 2.05) is 13.8 Å². The Kier molecular flexibility index (Phi) is 5.44. The lowest BCUT2D eigenvalue weighted by atomic mass is 10.2. The molecule has 0 bridgehead atoms. The molecule has 0 saturated heterocycles. The highest BCUT2D eigenvalue weighted by atomic mass is 35.5. The third kappa shape index (κ3) is 3.71. The first-order valence-electron chi connectivity index (χ1n) is 5.61. The topological polar surface area (TPSA) is 56.1 Å². The fraction of sp³-hybridized carbons (Fsp3) is 0.636. The monoisotopic (exact) mass is 259 g/mol. The van der Waals surface area contributed by atoms with E-state index in [1.165, 1.54) is 4.68 Å². The molecule has 1 atom stereocenters. The van der Waals surface area contributed by atoms with Gasteiger partial charge in [0, 0.05) is 26.3 Å². The minimum atomic E-state index is -0.266. The number of halogens is 1. The Hall–Kier alpha value is -1.07. The number of ether oxygens (including phenoxy) is 1. The van der Waals surface area contributed by atoms with E-state index in [-0.39, 0.29) is 16.6 Å². The van der Waals surface area contributed by atoms with E-state index in [0.717, 1.165) is 6.42 Å². The van der Waals surface area contributed by atoms with Crippen molar-refractivity contribution in [1.29, 1.82) is 0 Å². The van der Waals surface area contributed by atoms with Crippen molar-refractivity contribution >= 4 is 17.3 Å². The summed E-state index contributed by atoms with van der Waals surface area (Å²) in [5, 5.41) is 7.35. The average molecular weight is 260 g/mol. The molecule has 1 unspecified atom stereocenters. The fourth-order valence-electron chi connectivity index (χ4n) is 1.42.